The summed E-state index contributed by atoms with van der Waals surface area (Å²) in [7, 11) is 4.25. The van der Waals surface area contributed by atoms with Crippen LogP contribution in [-0.2, 0) is 7.05 Å². The first kappa shape index (κ1) is 11.7. The van der Waals surface area contributed by atoms with E-state index in [2.05, 4.69) is 46.7 Å². The lowest BCUT2D eigenvalue weighted by atomic mass is 9.99. The second-order valence-electron chi connectivity index (χ2n) is 5.36. The van der Waals surface area contributed by atoms with Crippen molar-refractivity contribution in [2.24, 2.45) is 18.7 Å². The van der Waals surface area contributed by atoms with Crippen LogP contribution in [0.5, 0.6) is 0 Å². The number of aryl methyl sites for hydroxylation is 1. The minimum Gasteiger partial charge on any atom is -0.333 e. The molecule has 0 aliphatic carbocycles. The van der Waals surface area contributed by atoms with Crippen LogP contribution < -0.4 is 5.73 Å². The molecule has 1 aliphatic heterocycles. The number of hydrogen-bond donors (Lipinski definition) is 1. The molecule has 96 valence electrons. The average Bonchev–Trinajstić information content (AvgIpc) is 2.93. The summed E-state index contributed by atoms with van der Waals surface area (Å²) in [6, 6.07) is 6.88. The second kappa shape index (κ2) is 4.37. The van der Waals surface area contributed by atoms with Gasteiger partial charge in [-0.2, -0.15) is 0 Å². The molecule has 0 radical (unpaired) electrons. The van der Waals surface area contributed by atoms with Gasteiger partial charge in [0.25, 0.3) is 0 Å². The molecule has 0 spiro atoms. The van der Waals surface area contributed by atoms with E-state index in [1.54, 1.807) is 0 Å². The van der Waals surface area contributed by atoms with E-state index >= 15 is 0 Å². The molecule has 1 aliphatic rings. The van der Waals surface area contributed by atoms with Gasteiger partial charge in [-0.15, -0.1) is 0 Å². The number of hydrogen-bond acceptors (Lipinski definition) is 3. The molecule has 3 rings (SSSR count). The van der Waals surface area contributed by atoms with Crippen molar-refractivity contribution in [2.75, 3.05) is 20.1 Å². The predicted octanol–water partition coefficient (Wildman–Crippen LogP) is 1.52. The van der Waals surface area contributed by atoms with Crippen LogP contribution in [0.2, 0.25) is 0 Å². The zero-order valence-electron chi connectivity index (χ0n) is 11.0. The highest BCUT2D eigenvalue weighted by molar-refractivity contribution is 5.79. The summed E-state index contributed by atoms with van der Waals surface area (Å²) in [5.74, 6) is 0.614. The Bertz CT molecular complexity index is 560. The molecule has 2 N–H and O–H groups in total. The van der Waals surface area contributed by atoms with E-state index in [4.69, 9.17) is 5.73 Å². The second-order valence-corrected chi connectivity index (χ2v) is 5.36. The Morgan fingerprint density at radius 2 is 2.22 bits per heavy atom. The van der Waals surface area contributed by atoms with Gasteiger partial charge in [0, 0.05) is 19.6 Å². The van der Waals surface area contributed by atoms with Crippen molar-refractivity contribution in [3.8, 4) is 0 Å². The van der Waals surface area contributed by atoms with Gasteiger partial charge in [0.05, 0.1) is 17.4 Å². The lowest BCUT2D eigenvalue weighted by Crippen LogP contribution is -2.20. The van der Waals surface area contributed by atoms with Crippen LogP contribution in [0, 0.1) is 5.92 Å². The van der Waals surface area contributed by atoms with Gasteiger partial charge in [-0.3, -0.25) is 4.90 Å². The number of nitrogens with two attached hydrogens (primary N) is 1. The van der Waals surface area contributed by atoms with Gasteiger partial charge in [0.2, 0.25) is 0 Å². The maximum absolute atomic E-state index is 5.81. The van der Waals surface area contributed by atoms with Gasteiger partial charge in [-0.05, 0) is 37.6 Å². The molecule has 4 heteroatoms. The predicted molar refractivity (Wildman–Crippen MR) is 73.2 cm³/mol. The first-order chi connectivity index (χ1) is 8.70. The van der Waals surface area contributed by atoms with Crippen molar-refractivity contribution in [2.45, 2.75) is 12.5 Å². The molecular weight excluding hydrogens is 224 g/mol. The smallest absolute Gasteiger partial charge is 0.0955 e. The minimum absolute atomic E-state index is 0.470. The highest BCUT2D eigenvalue weighted by atomic mass is 15.2. The van der Waals surface area contributed by atoms with Crippen LogP contribution in [0.1, 0.15) is 18.0 Å². The number of imidazole rings is 1. The summed E-state index contributed by atoms with van der Waals surface area (Å²) < 4.78 is 2.12. The summed E-state index contributed by atoms with van der Waals surface area (Å²) in [6.07, 6.45) is 3.04. The van der Waals surface area contributed by atoms with Crippen molar-refractivity contribution >= 4 is 11.0 Å². The highest BCUT2D eigenvalue weighted by Crippen LogP contribution is 2.36. The quantitative estimate of drug-likeness (QED) is 0.871. The number of benzene rings is 1. The van der Waals surface area contributed by atoms with Crippen LogP contribution >= 0.6 is 0 Å². The number of fused-ring (bicyclic) bond motifs is 1. The van der Waals surface area contributed by atoms with Gasteiger partial charge >= 0.3 is 0 Å². The molecule has 0 amide bonds. The molecule has 0 saturated carbocycles. The van der Waals surface area contributed by atoms with Gasteiger partial charge in [-0.1, -0.05) is 12.1 Å². The van der Waals surface area contributed by atoms with E-state index in [0.29, 0.717) is 12.0 Å². The summed E-state index contributed by atoms with van der Waals surface area (Å²) in [5, 5.41) is 0. The van der Waals surface area contributed by atoms with Gasteiger partial charge in [0.15, 0.2) is 0 Å². The first-order valence-electron chi connectivity index (χ1n) is 6.51. The van der Waals surface area contributed by atoms with E-state index in [0.717, 1.165) is 25.0 Å². The maximum atomic E-state index is 5.81. The molecule has 1 aromatic carbocycles. The lowest BCUT2D eigenvalue weighted by Gasteiger charge is -2.20. The molecule has 2 atom stereocenters. The van der Waals surface area contributed by atoms with Crippen molar-refractivity contribution in [1.29, 1.82) is 0 Å². The fourth-order valence-electron chi connectivity index (χ4n) is 3.15. The van der Waals surface area contributed by atoms with E-state index in [1.807, 2.05) is 6.33 Å². The monoisotopic (exact) mass is 244 g/mol. The van der Waals surface area contributed by atoms with Gasteiger partial charge in [-0.25, -0.2) is 4.98 Å². The molecule has 1 fully saturated rings. The van der Waals surface area contributed by atoms with E-state index in [-0.39, 0.29) is 0 Å². The topological polar surface area (TPSA) is 47.1 Å². The van der Waals surface area contributed by atoms with E-state index in [9.17, 15) is 0 Å². The molecule has 2 aromatic rings. The fourth-order valence-corrected chi connectivity index (χ4v) is 3.15. The number of aromatic nitrogens is 2. The Morgan fingerprint density at radius 3 is 2.94 bits per heavy atom. The number of likely N-dealkylation sites (tertiary alicyclic amines) is 1. The molecular formula is C14H20N4. The summed E-state index contributed by atoms with van der Waals surface area (Å²) in [6.45, 7) is 1.87. The first-order valence-corrected chi connectivity index (χ1v) is 6.51. The van der Waals surface area contributed by atoms with Crippen LogP contribution in [0.25, 0.3) is 11.0 Å². The molecule has 4 nitrogen and oxygen atoms in total. The zero-order chi connectivity index (χ0) is 12.7. The number of nitrogens with zero attached hydrogens (tertiary/aromatic N) is 3. The zero-order valence-corrected chi connectivity index (χ0v) is 11.0. The molecule has 1 aromatic heterocycles. The van der Waals surface area contributed by atoms with E-state index < -0.39 is 0 Å². The van der Waals surface area contributed by atoms with Crippen molar-refractivity contribution in [3.63, 3.8) is 0 Å². The largest absolute Gasteiger partial charge is 0.333 e. The molecule has 2 heterocycles. The van der Waals surface area contributed by atoms with Crippen molar-refractivity contribution < 1.29 is 0 Å². The number of rotatable bonds is 2. The number of para-hydroxylation sites is 1. The molecule has 0 bridgehead atoms. The Balaban J connectivity index is 2.06. The van der Waals surface area contributed by atoms with Crippen LogP contribution in [-0.4, -0.2) is 34.6 Å². The van der Waals surface area contributed by atoms with Gasteiger partial charge in [0.1, 0.15) is 0 Å². The molecule has 2 unspecified atom stereocenters. The summed E-state index contributed by atoms with van der Waals surface area (Å²) >= 11 is 0. The average molecular weight is 244 g/mol. The summed E-state index contributed by atoms with van der Waals surface area (Å²) in [5.41, 5.74) is 9.53. The third-order valence-corrected chi connectivity index (χ3v) is 4.10. The van der Waals surface area contributed by atoms with Gasteiger partial charge < -0.3 is 10.3 Å². The molecule has 18 heavy (non-hydrogen) atoms. The summed E-state index contributed by atoms with van der Waals surface area (Å²) in [4.78, 5) is 6.85. The van der Waals surface area contributed by atoms with Crippen LogP contribution in [0.4, 0.5) is 0 Å². The Kier molecular flexibility index (Phi) is 2.84. The maximum Gasteiger partial charge on any atom is 0.0955 e. The normalized spacial score (nSPS) is 25.1. The standard InChI is InChI=1S/C14H20N4/c1-17-8-10(7-15)6-13(17)11-4-3-5-12-14(11)18(2)9-16-12/h3-5,9-10,13H,6-8,15H2,1-2H3. The Labute approximate surface area is 107 Å². The van der Waals surface area contributed by atoms with Crippen LogP contribution in [0.15, 0.2) is 24.5 Å². The van der Waals surface area contributed by atoms with Crippen LogP contribution in [0.3, 0.4) is 0 Å². The fraction of sp³-hybridized carbons (Fsp3) is 0.500. The lowest BCUT2D eigenvalue weighted by molar-refractivity contribution is 0.315. The molecule has 1 saturated heterocycles. The third-order valence-electron chi connectivity index (χ3n) is 4.10. The van der Waals surface area contributed by atoms with Crippen molar-refractivity contribution in [3.05, 3.63) is 30.1 Å². The third kappa shape index (κ3) is 1.72. The SMILES string of the molecule is CN1CC(CN)CC1c1cccc2ncn(C)c12. The highest BCUT2D eigenvalue weighted by Gasteiger charge is 2.31. The van der Waals surface area contributed by atoms with E-state index in [1.165, 1.54) is 11.1 Å². The van der Waals surface area contributed by atoms with Crippen molar-refractivity contribution in [1.82, 2.24) is 14.5 Å². The Hall–Kier alpha value is -1.39. The minimum atomic E-state index is 0.470. The Morgan fingerprint density at radius 1 is 1.39 bits per heavy atom.